The summed E-state index contributed by atoms with van der Waals surface area (Å²) >= 11 is 0. The summed E-state index contributed by atoms with van der Waals surface area (Å²) in [6.45, 7) is 5.18. The Morgan fingerprint density at radius 1 is 1.06 bits per heavy atom. The van der Waals surface area contributed by atoms with Crippen molar-refractivity contribution in [2.45, 2.75) is 25.4 Å². The van der Waals surface area contributed by atoms with E-state index < -0.39 is 0 Å². The first-order chi connectivity index (χ1) is 15.2. The Hall–Kier alpha value is -2.84. The van der Waals surface area contributed by atoms with Crippen molar-refractivity contribution in [3.8, 4) is 0 Å². The molecule has 3 aromatic rings. The van der Waals surface area contributed by atoms with Gasteiger partial charge in [0.25, 0.3) is 5.91 Å². The van der Waals surface area contributed by atoms with Crippen LogP contribution in [0, 0.1) is 5.82 Å². The third-order valence-corrected chi connectivity index (χ3v) is 6.22. The molecule has 1 aromatic carbocycles. The maximum absolute atomic E-state index is 13.1. The van der Waals surface area contributed by atoms with Crippen LogP contribution in [0.1, 0.15) is 34.8 Å². The topological polar surface area (TPSA) is 63.5 Å². The summed E-state index contributed by atoms with van der Waals surface area (Å²) in [6, 6.07) is 8.80. The lowest BCUT2D eigenvalue weighted by Crippen LogP contribution is -2.48. The fourth-order valence-corrected chi connectivity index (χ4v) is 4.41. The molecule has 5 rings (SSSR count). The maximum Gasteiger partial charge on any atom is 0.255 e. The number of carbonyl (C=O) groups is 1. The normalized spacial score (nSPS) is 18.5. The molecule has 0 unspecified atom stereocenters. The smallest absolute Gasteiger partial charge is 0.255 e. The van der Waals surface area contributed by atoms with Gasteiger partial charge in [0.2, 0.25) is 0 Å². The van der Waals surface area contributed by atoms with Crippen LogP contribution >= 0.6 is 0 Å². The number of hydrogen-bond acceptors (Lipinski definition) is 5. The zero-order valence-corrected chi connectivity index (χ0v) is 17.4. The predicted molar refractivity (Wildman–Crippen MR) is 114 cm³/mol. The summed E-state index contributed by atoms with van der Waals surface area (Å²) in [6.07, 6.45) is 5.41. The fraction of sp³-hybridized carbons (Fsp3) is 0.435. The fourth-order valence-electron chi connectivity index (χ4n) is 4.41. The molecule has 2 fully saturated rings. The highest BCUT2D eigenvalue weighted by Gasteiger charge is 2.24. The molecule has 2 aliphatic heterocycles. The number of aromatic nitrogens is 3. The van der Waals surface area contributed by atoms with Crippen LogP contribution in [0.4, 0.5) is 4.39 Å². The predicted octanol–water partition coefficient (Wildman–Crippen LogP) is 2.88. The van der Waals surface area contributed by atoms with E-state index in [2.05, 4.69) is 19.4 Å². The van der Waals surface area contributed by atoms with E-state index >= 15 is 0 Å². The number of piperazine rings is 1. The van der Waals surface area contributed by atoms with Gasteiger partial charge in [0, 0.05) is 58.2 Å². The Kier molecular flexibility index (Phi) is 5.65. The van der Waals surface area contributed by atoms with Crippen molar-refractivity contribution in [2.75, 3.05) is 39.4 Å². The number of ether oxygens (including phenoxy) is 1. The highest BCUT2D eigenvalue weighted by Crippen LogP contribution is 2.25. The minimum atomic E-state index is -0.220. The van der Waals surface area contributed by atoms with Gasteiger partial charge in [-0.1, -0.05) is 12.1 Å². The van der Waals surface area contributed by atoms with Crippen molar-refractivity contribution in [1.29, 1.82) is 0 Å². The van der Waals surface area contributed by atoms with E-state index in [1.807, 2.05) is 29.4 Å². The van der Waals surface area contributed by atoms with E-state index in [-0.39, 0.29) is 11.7 Å². The molecule has 7 nitrogen and oxygen atoms in total. The number of nitrogens with zero attached hydrogens (tertiary/aromatic N) is 5. The molecule has 2 saturated heterocycles. The second-order valence-corrected chi connectivity index (χ2v) is 8.26. The van der Waals surface area contributed by atoms with Crippen LogP contribution in [0.3, 0.4) is 0 Å². The van der Waals surface area contributed by atoms with Gasteiger partial charge in [-0.25, -0.2) is 14.4 Å². The van der Waals surface area contributed by atoms with Gasteiger partial charge < -0.3 is 14.2 Å². The average Bonchev–Trinajstić information content (AvgIpc) is 3.24. The number of benzene rings is 1. The van der Waals surface area contributed by atoms with Crippen LogP contribution in [0.5, 0.6) is 0 Å². The van der Waals surface area contributed by atoms with Gasteiger partial charge in [-0.15, -0.1) is 0 Å². The van der Waals surface area contributed by atoms with E-state index in [1.54, 1.807) is 6.20 Å². The summed E-state index contributed by atoms with van der Waals surface area (Å²) in [5.74, 6) is -0.223. The Morgan fingerprint density at radius 3 is 2.55 bits per heavy atom. The van der Waals surface area contributed by atoms with Crippen molar-refractivity contribution in [3.63, 3.8) is 0 Å². The van der Waals surface area contributed by atoms with Gasteiger partial charge in [-0.05, 0) is 36.6 Å². The van der Waals surface area contributed by atoms with E-state index in [0.717, 1.165) is 62.4 Å². The van der Waals surface area contributed by atoms with Crippen LogP contribution in [0.15, 0.2) is 42.9 Å². The van der Waals surface area contributed by atoms with Crippen LogP contribution in [-0.4, -0.2) is 69.6 Å². The molecule has 0 atom stereocenters. The van der Waals surface area contributed by atoms with Gasteiger partial charge in [-0.2, -0.15) is 0 Å². The Labute approximate surface area is 180 Å². The number of carbonyl (C=O) groups excluding carboxylic acids is 1. The first-order valence-electron chi connectivity index (χ1n) is 10.8. The summed E-state index contributed by atoms with van der Waals surface area (Å²) < 4.78 is 20.6. The van der Waals surface area contributed by atoms with Crippen molar-refractivity contribution in [2.24, 2.45) is 0 Å². The quantitative estimate of drug-likeness (QED) is 0.646. The summed E-state index contributed by atoms with van der Waals surface area (Å²) in [4.78, 5) is 26.3. The van der Waals surface area contributed by atoms with E-state index in [0.29, 0.717) is 24.7 Å². The van der Waals surface area contributed by atoms with Crippen molar-refractivity contribution < 1.29 is 13.9 Å². The molecule has 0 aliphatic carbocycles. The van der Waals surface area contributed by atoms with E-state index in [1.165, 1.54) is 12.1 Å². The van der Waals surface area contributed by atoms with Crippen molar-refractivity contribution in [1.82, 2.24) is 24.3 Å². The van der Waals surface area contributed by atoms with Gasteiger partial charge in [-0.3, -0.25) is 9.69 Å². The minimum absolute atomic E-state index is 0.00329. The third-order valence-electron chi connectivity index (χ3n) is 6.22. The Balaban J connectivity index is 1.22. The van der Waals surface area contributed by atoms with Crippen LogP contribution in [0.25, 0.3) is 11.2 Å². The number of pyridine rings is 1. The molecule has 0 spiro atoms. The minimum Gasteiger partial charge on any atom is -0.381 e. The van der Waals surface area contributed by atoms with Crippen LogP contribution in [0.2, 0.25) is 0 Å². The lowest BCUT2D eigenvalue weighted by atomic mass is 10.1. The molecule has 1 amide bonds. The van der Waals surface area contributed by atoms with E-state index in [9.17, 15) is 9.18 Å². The Morgan fingerprint density at radius 2 is 1.81 bits per heavy atom. The molecule has 4 heterocycles. The second kappa shape index (κ2) is 8.72. The highest BCUT2D eigenvalue weighted by atomic mass is 19.1. The Bertz CT molecular complexity index is 1050. The zero-order valence-electron chi connectivity index (χ0n) is 17.4. The number of imidazole rings is 1. The van der Waals surface area contributed by atoms with Gasteiger partial charge in [0.15, 0.2) is 5.65 Å². The summed E-state index contributed by atoms with van der Waals surface area (Å²) in [7, 11) is 0. The van der Waals surface area contributed by atoms with Gasteiger partial charge >= 0.3 is 0 Å². The first kappa shape index (κ1) is 20.1. The molecule has 2 aromatic heterocycles. The molecule has 0 saturated carbocycles. The average molecular weight is 423 g/mol. The largest absolute Gasteiger partial charge is 0.381 e. The number of hydrogen-bond donors (Lipinski definition) is 0. The van der Waals surface area contributed by atoms with Crippen molar-refractivity contribution >= 4 is 17.1 Å². The zero-order chi connectivity index (χ0) is 21.2. The SMILES string of the molecule is O=C(c1cnc2c(c1)ncn2C1CCOCC1)N1CCN(Cc2ccc(F)cc2)CC1. The number of rotatable bonds is 4. The maximum atomic E-state index is 13.1. The van der Waals surface area contributed by atoms with Crippen LogP contribution in [-0.2, 0) is 11.3 Å². The lowest BCUT2D eigenvalue weighted by molar-refractivity contribution is 0.0628. The molecule has 8 heteroatoms. The first-order valence-corrected chi connectivity index (χ1v) is 10.8. The number of amides is 1. The number of fused-ring (bicyclic) bond motifs is 1. The molecule has 31 heavy (non-hydrogen) atoms. The second-order valence-electron chi connectivity index (χ2n) is 8.26. The summed E-state index contributed by atoms with van der Waals surface area (Å²) in [5, 5.41) is 0. The molecule has 0 radical (unpaired) electrons. The molecule has 162 valence electrons. The summed E-state index contributed by atoms with van der Waals surface area (Å²) in [5.41, 5.74) is 3.24. The standard InChI is InChI=1S/C23H26FN5O2/c24-19-3-1-17(2-4-19)15-27-7-9-28(10-8-27)23(30)18-13-21-22(25-14-18)29(16-26-21)20-5-11-31-12-6-20/h1-4,13-14,16,20H,5-12,15H2. The monoisotopic (exact) mass is 423 g/mol. The molecular weight excluding hydrogens is 397 g/mol. The van der Waals surface area contributed by atoms with Gasteiger partial charge in [0.1, 0.15) is 11.3 Å². The third kappa shape index (κ3) is 4.31. The highest BCUT2D eigenvalue weighted by molar-refractivity contribution is 5.96. The number of halogens is 1. The lowest BCUT2D eigenvalue weighted by Gasteiger charge is -2.34. The van der Waals surface area contributed by atoms with Gasteiger partial charge in [0.05, 0.1) is 11.9 Å². The molecule has 0 bridgehead atoms. The van der Waals surface area contributed by atoms with Crippen LogP contribution < -0.4 is 0 Å². The van der Waals surface area contributed by atoms with Crippen molar-refractivity contribution in [3.05, 3.63) is 59.8 Å². The van der Waals surface area contributed by atoms with E-state index in [4.69, 9.17) is 4.74 Å². The molecule has 2 aliphatic rings. The molecular formula is C23H26FN5O2. The molecule has 0 N–H and O–H groups in total.